The minimum atomic E-state index is -3.98. The van der Waals surface area contributed by atoms with E-state index in [0.717, 1.165) is 67.2 Å². The van der Waals surface area contributed by atoms with Gasteiger partial charge in [0.15, 0.2) is 0 Å². The summed E-state index contributed by atoms with van der Waals surface area (Å²) in [7, 11) is -7.21. The predicted octanol–water partition coefficient (Wildman–Crippen LogP) is 7.61. The number of carbonyl (C=O) groups excluding carboxylic acids is 9. The third kappa shape index (κ3) is 19.0. The molecule has 29 heteroatoms. The highest BCUT2D eigenvalue weighted by molar-refractivity contribution is 7.91. The van der Waals surface area contributed by atoms with Gasteiger partial charge in [0.25, 0.3) is 5.91 Å². The normalized spacial score (nSPS) is 29.3. The molecule has 0 radical (unpaired) electrons. The van der Waals surface area contributed by atoms with Gasteiger partial charge in [0.05, 0.1) is 35.4 Å². The number of hydrogen-bond acceptors (Lipinski definition) is 18. The van der Waals surface area contributed by atoms with Gasteiger partial charge < -0.3 is 44.5 Å². The van der Waals surface area contributed by atoms with E-state index in [-0.39, 0.29) is 57.5 Å². The first-order valence-corrected chi connectivity index (χ1v) is 39.2. The number of nitrogens with one attached hydrogen (secondary N) is 3. The Labute approximate surface area is 603 Å². The molecule has 6 heterocycles. The van der Waals surface area contributed by atoms with E-state index in [1.165, 1.54) is 9.80 Å². The fourth-order valence-electron chi connectivity index (χ4n) is 14.3. The predicted molar refractivity (Wildman–Crippen MR) is 376 cm³/mol. The highest BCUT2D eigenvalue weighted by atomic mass is 32.2. The maximum Gasteiger partial charge on any atom is 0.410 e. The minimum Gasteiger partial charge on any atom is -0.479 e. The lowest BCUT2D eigenvalue weighted by atomic mass is 9.95. The molecule has 27 nitrogen and oxygen atoms in total. The summed E-state index contributed by atoms with van der Waals surface area (Å²) in [6.07, 6.45) is 14.3. The molecular formula is C74H102N8O19S2. The summed E-state index contributed by atoms with van der Waals surface area (Å²) >= 11 is 0. The number of hydrogen-bond donors (Lipinski definition) is 5. The lowest BCUT2D eigenvalue weighted by Crippen LogP contribution is -2.57. The van der Waals surface area contributed by atoms with E-state index in [1.807, 2.05) is 72.8 Å². The molecule has 0 bridgehead atoms. The lowest BCUT2D eigenvalue weighted by Gasteiger charge is -2.30. The van der Waals surface area contributed by atoms with E-state index in [1.54, 1.807) is 65.2 Å². The van der Waals surface area contributed by atoms with Gasteiger partial charge in [-0.1, -0.05) is 98.5 Å². The van der Waals surface area contributed by atoms with E-state index in [2.05, 4.69) is 15.4 Å². The van der Waals surface area contributed by atoms with Crippen LogP contribution in [0.2, 0.25) is 0 Å². The molecule has 2 aromatic carbocycles. The Morgan fingerprint density at radius 3 is 1.31 bits per heavy atom. The zero-order valence-electron chi connectivity index (χ0n) is 60.4. The molecule has 0 aromatic heterocycles. The molecule has 4 saturated carbocycles. The van der Waals surface area contributed by atoms with Crippen molar-refractivity contribution in [2.24, 2.45) is 28.8 Å². The van der Waals surface area contributed by atoms with Crippen LogP contribution in [0.1, 0.15) is 206 Å². The number of fused-ring (bicyclic) bond motifs is 6. The molecule has 2 saturated heterocycles. The quantitative estimate of drug-likeness (QED) is 0.0820. The number of sulfonamides is 2. The third-order valence-electron chi connectivity index (χ3n) is 21.4. The Morgan fingerprint density at radius 2 is 0.951 bits per heavy atom. The number of carbonyl (C=O) groups is 10. The first-order valence-electron chi connectivity index (χ1n) is 36.2. The SMILES string of the molecule is CC(C)(C)OC(=O)C[C@H]1CCCCC/C=C\[C@@H]2C[C@@]2(C(=O)NS(=O)(=O)C2(C)CC2)NC(=O)[C@@H]2C[C@@H](OC(=O)N3Cc4ccccc4C3)CN2C1=O.CC(C)(C)OC(=O)C[C@H]1CCCCC/C=C\[C@@H]2C[C@@]2(C(=O)O)NC(=O)[C@@H]2C[C@@H](OC(=O)N3Cc4ccccc4C3)CN2C1=O.CC1(S(N)(=O)=O)CC1. The number of benzene rings is 2. The molecule has 10 atom stereocenters. The van der Waals surface area contributed by atoms with Crippen LogP contribution >= 0.6 is 0 Å². The Kier molecular flexibility index (Phi) is 23.1. The van der Waals surface area contributed by atoms with E-state index in [9.17, 15) is 69.9 Å². The maximum absolute atomic E-state index is 14.4. The minimum absolute atomic E-state index is 0.0272. The molecule has 103 heavy (non-hydrogen) atoms. The standard InChI is InChI=1S/C37H50N4O9S.C33H43N3O8.C4H9NO2S/c1-35(2,3)50-30(42)18-24-12-8-6-5-7-9-15-27-20-37(27,33(45)39-51(47,48)36(4)16-17-36)38-31(43)29-19-28(23-41(29)32(24)44)49-34(46)40-21-25-13-10-11-14-26(25)22-40;1-32(2,3)44-27(37)15-21-11-7-5-4-6-8-14-24-17-33(24,30(40)41)34-28(38)26-16-25(20-36(26)29(21)39)43-31(42)35-18-22-12-9-10-13-23(22)19-35;1-4(2-3-4)8(5,6)7/h9-11,13-15,24,27-29H,5-8,12,16-23H2,1-4H3,(H,38,43)(H,39,45);8-10,12-14,21,24-26H,4-7,11,15-20H2,1-3H3,(H,34,38)(H,40,41);2-3H2,1H3,(H2,5,6,7)/b15-9-;14-8-;/t24-,27-,28-,29+,37-;21-,24-,25-,26+,33-;/m11./s1. The van der Waals surface area contributed by atoms with Gasteiger partial charge in [0.1, 0.15) is 46.6 Å². The fourth-order valence-corrected chi connectivity index (χ4v) is 16.3. The number of amides is 7. The first kappa shape index (κ1) is 77.7. The van der Waals surface area contributed by atoms with Crippen molar-refractivity contribution in [2.75, 3.05) is 13.1 Å². The Balaban J connectivity index is 0.000000201. The summed E-state index contributed by atoms with van der Waals surface area (Å²) in [5.41, 5.74) is -0.323. The number of ether oxygens (including phenoxy) is 4. The van der Waals surface area contributed by atoms with Crippen molar-refractivity contribution in [3.05, 3.63) is 95.1 Å². The Morgan fingerprint density at radius 1 is 0.573 bits per heavy atom. The van der Waals surface area contributed by atoms with Gasteiger partial charge in [-0.25, -0.2) is 36.4 Å². The highest BCUT2D eigenvalue weighted by Crippen LogP contribution is 2.49. The second-order valence-corrected chi connectivity index (χ2v) is 36.4. The van der Waals surface area contributed by atoms with Crippen LogP contribution in [0, 0.1) is 23.7 Å². The van der Waals surface area contributed by atoms with E-state index >= 15 is 0 Å². The van der Waals surface area contributed by atoms with Crippen molar-refractivity contribution in [2.45, 2.75) is 266 Å². The van der Waals surface area contributed by atoms with E-state index < -0.39 is 153 Å². The molecule has 6 aliphatic heterocycles. The van der Waals surface area contributed by atoms with Crippen LogP contribution in [0.25, 0.3) is 0 Å². The van der Waals surface area contributed by atoms with Crippen molar-refractivity contribution < 1.29 is 88.8 Å². The van der Waals surface area contributed by atoms with Crippen LogP contribution in [0.3, 0.4) is 0 Å². The summed E-state index contributed by atoms with van der Waals surface area (Å²) in [4.78, 5) is 141. The number of nitrogens with two attached hydrogens (primary N) is 1. The number of allylic oxidation sites excluding steroid dienone is 2. The average molecular weight is 1470 g/mol. The van der Waals surface area contributed by atoms with Gasteiger partial charge >= 0.3 is 30.1 Å². The van der Waals surface area contributed by atoms with Gasteiger partial charge in [-0.05, 0) is 155 Å². The topological polar surface area (TPSA) is 371 Å². The largest absolute Gasteiger partial charge is 0.479 e. The van der Waals surface area contributed by atoms with Crippen molar-refractivity contribution in [3.8, 4) is 0 Å². The zero-order valence-corrected chi connectivity index (χ0v) is 62.0. The van der Waals surface area contributed by atoms with Crippen LogP contribution in [-0.4, -0.2) is 170 Å². The lowest BCUT2D eigenvalue weighted by molar-refractivity contribution is -0.159. The summed E-state index contributed by atoms with van der Waals surface area (Å²) in [6.45, 7) is 15.2. The molecule has 2 aromatic rings. The van der Waals surface area contributed by atoms with Gasteiger partial charge in [-0.2, -0.15) is 0 Å². The van der Waals surface area contributed by atoms with Crippen molar-refractivity contribution in [1.29, 1.82) is 0 Å². The van der Waals surface area contributed by atoms with Gasteiger partial charge in [0, 0.05) is 62.7 Å². The summed E-state index contributed by atoms with van der Waals surface area (Å²) < 4.78 is 70.6. The monoisotopic (exact) mass is 1470 g/mol. The average Bonchev–Trinajstić information content (AvgIpc) is 1.57. The molecule has 564 valence electrons. The second-order valence-electron chi connectivity index (χ2n) is 32.1. The van der Waals surface area contributed by atoms with Crippen LogP contribution in [0.4, 0.5) is 9.59 Å². The van der Waals surface area contributed by atoms with Gasteiger partial charge in [-0.3, -0.25) is 48.1 Å². The van der Waals surface area contributed by atoms with Crippen molar-refractivity contribution >= 4 is 79.7 Å². The maximum atomic E-state index is 14.4. The van der Waals surface area contributed by atoms with Crippen molar-refractivity contribution in [3.63, 3.8) is 0 Å². The molecule has 6 fully saturated rings. The second kappa shape index (κ2) is 30.6. The molecule has 10 aliphatic rings. The Hall–Kier alpha value is -7.92. The third-order valence-corrected chi connectivity index (χ3v) is 25.3. The zero-order chi connectivity index (χ0) is 74.8. The molecule has 6 N–H and O–H groups in total. The number of carboxylic acids is 1. The van der Waals surface area contributed by atoms with Crippen molar-refractivity contribution in [1.82, 2.24) is 35.0 Å². The molecule has 0 spiro atoms. The van der Waals surface area contributed by atoms with Crippen LogP contribution in [0.15, 0.2) is 72.8 Å². The summed E-state index contributed by atoms with van der Waals surface area (Å²) in [6, 6.07) is 13.3. The Bertz CT molecular complexity index is 3860. The first-order chi connectivity index (χ1) is 48.3. The number of carboxylic acid groups (broad SMARTS) is 1. The summed E-state index contributed by atoms with van der Waals surface area (Å²) in [5, 5.41) is 20.5. The van der Waals surface area contributed by atoms with E-state index in [0.29, 0.717) is 71.1 Å². The van der Waals surface area contributed by atoms with Crippen LogP contribution in [-0.2, 0) is 104 Å². The number of rotatable bonds is 11. The van der Waals surface area contributed by atoms with Crippen LogP contribution in [0.5, 0.6) is 0 Å². The van der Waals surface area contributed by atoms with E-state index in [4.69, 9.17) is 24.1 Å². The molecule has 4 aliphatic carbocycles. The van der Waals surface area contributed by atoms with Gasteiger partial charge in [-0.15, -0.1) is 0 Å². The molecule has 12 rings (SSSR count). The number of primary sulfonamides is 1. The number of aliphatic carboxylic acids is 1. The highest BCUT2D eigenvalue weighted by Gasteiger charge is 2.64. The smallest absolute Gasteiger partial charge is 0.410 e. The molecule has 0 unspecified atom stereocenters. The van der Waals surface area contributed by atoms with Crippen LogP contribution < -0.4 is 20.5 Å². The molecular weight excluding hydrogens is 1370 g/mol. The molecule has 7 amide bonds. The fraction of sp³-hybridized carbons (Fsp3) is 0.649. The number of nitrogens with zero attached hydrogens (tertiary/aromatic N) is 4. The van der Waals surface area contributed by atoms with Gasteiger partial charge in [0.2, 0.25) is 43.7 Å². The summed E-state index contributed by atoms with van der Waals surface area (Å²) in [5.74, 6) is -7.34. The number of esters is 2.